The quantitative estimate of drug-likeness (QED) is 0.550. The summed E-state index contributed by atoms with van der Waals surface area (Å²) in [6.07, 6.45) is 11.1. The zero-order valence-electron chi connectivity index (χ0n) is 18.5. The zero-order chi connectivity index (χ0) is 21.7. The highest BCUT2D eigenvalue weighted by atomic mass is 32.1. The highest BCUT2D eigenvalue weighted by Crippen LogP contribution is 2.60. The summed E-state index contributed by atoms with van der Waals surface area (Å²) in [4.78, 5) is 24.8. The predicted molar refractivity (Wildman–Crippen MR) is 126 cm³/mol. The number of para-hydroxylation sites is 1. The first kappa shape index (κ1) is 20.3. The fourth-order valence-corrected chi connectivity index (χ4v) is 7.88. The maximum Gasteiger partial charge on any atom is 0.254 e. The van der Waals surface area contributed by atoms with Crippen molar-refractivity contribution in [3.8, 4) is 10.4 Å². The van der Waals surface area contributed by atoms with E-state index in [9.17, 15) is 4.79 Å². The van der Waals surface area contributed by atoms with Gasteiger partial charge in [0.15, 0.2) is 4.80 Å². The summed E-state index contributed by atoms with van der Waals surface area (Å²) in [5, 5.41) is 1.12. The van der Waals surface area contributed by atoms with E-state index in [4.69, 9.17) is 9.73 Å². The van der Waals surface area contributed by atoms with Gasteiger partial charge in [-0.15, -0.1) is 0 Å². The van der Waals surface area contributed by atoms with Gasteiger partial charge in [-0.2, -0.15) is 4.99 Å². The molecule has 4 aliphatic rings. The summed E-state index contributed by atoms with van der Waals surface area (Å²) in [5.74, 6) is 2.34. The Bertz CT molecular complexity index is 1200. The van der Waals surface area contributed by atoms with E-state index in [1.54, 1.807) is 18.4 Å². The molecule has 7 rings (SSSR count). The molecular formula is C26H29N3O2S. The minimum atomic E-state index is -0.207. The fraction of sp³-hybridized carbons (Fsp3) is 0.500. The minimum Gasteiger partial charge on any atom is -0.383 e. The van der Waals surface area contributed by atoms with E-state index in [1.165, 1.54) is 19.3 Å². The summed E-state index contributed by atoms with van der Waals surface area (Å²) >= 11 is 1.60. The third kappa shape index (κ3) is 3.44. The number of amides is 1. The van der Waals surface area contributed by atoms with Crippen LogP contribution >= 0.6 is 11.3 Å². The molecule has 4 bridgehead atoms. The molecule has 4 saturated carbocycles. The molecule has 0 atom stereocenters. The summed E-state index contributed by atoms with van der Waals surface area (Å²) in [7, 11) is 1.71. The van der Waals surface area contributed by atoms with Crippen LogP contribution in [0.2, 0.25) is 0 Å². The molecule has 4 aliphatic carbocycles. The first-order valence-electron chi connectivity index (χ1n) is 11.8. The molecule has 0 saturated heterocycles. The second kappa shape index (κ2) is 7.92. The van der Waals surface area contributed by atoms with Crippen LogP contribution in [0.15, 0.2) is 47.7 Å². The van der Waals surface area contributed by atoms with Gasteiger partial charge in [0.1, 0.15) is 0 Å². The van der Waals surface area contributed by atoms with Crippen LogP contribution in [0, 0.1) is 23.2 Å². The number of aromatic nitrogens is 2. The monoisotopic (exact) mass is 447 g/mol. The van der Waals surface area contributed by atoms with Gasteiger partial charge in [0, 0.05) is 37.0 Å². The SMILES string of the molecule is COCCn1cc(-c2ccnc3ccccc23)s/c1=N\C(=O)C12CC3CC(CC(C3)C1)C2. The van der Waals surface area contributed by atoms with Crippen molar-refractivity contribution in [3.63, 3.8) is 0 Å². The van der Waals surface area contributed by atoms with Crippen LogP contribution < -0.4 is 4.80 Å². The predicted octanol–water partition coefficient (Wildman–Crippen LogP) is 5.05. The van der Waals surface area contributed by atoms with Gasteiger partial charge in [0.05, 0.1) is 22.4 Å². The van der Waals surface area contributed by atoms with Crippen molar-refractivity contribution < 1.29 is 9.53 Å². The topological polar surface area (TPSA) is 56.5 Å². The summed E-state index contributed by atoms with van der Waals surface area (Å²) in [6, 6.07) is 10.3. The molecule has 2 heterocycles. The number of pyridine rings is 1. The number of carbonyl (C=O) groups is 1. The average molecular weight is 448 g/mol. The number of benzene rings is 1. The van der Waals surface area contributed by atoms with Crippen molar-refractivity contribution in [3.05, 3.63) is 47.5 Å². The molecule has 1 aromatic carbocycles. The number of ether oxygens (including phenoxy) is 1. The lowest BCUT2D eigenvalue weighted by Gasteiger charge is -2.55. The van der Waals surface area contributed by atoms with E-state index in [0.29, 0.717) is 13.2 Å². The highest BCUT2D eigenvalue weighted by Gasteiger charge is 2.54. The second-order valence-electron chi connectivity index (χ2n) is 10.1. The van der Waals surface area contributed by atoms with Gasteiger partial charge in [-0.3, -0.25) is 9.78 Å². The van der Waals surface area contributed by atoms with Crippen LogP contribution in [0.25, 0.3) is 21.3 Å². The molecule has 0 N–H and O–H groups in total. The van der Waals surface area contributed by atoms with Gasteiger partial charge in [-0.1, -0.05) is 29.5 Å². The standard InChI is InChI=1S/C26H29N3O2S/c1-31-9-8-29-16-23(21-6-7-27-22-5-3-2-4-20(21)22)32-25(29)28-24(30)26-13-17-10-18(14-26)12-19(11-17)15-26/h2-7,16-19H,8-15H2,1H3/b28-25-. The Morgan fingerprint density at radius 1 is 1.16 bits per heavy atom. The van der Waals surface area contributed by atoms with Crippen LogP contribution in [-0.4, -0.2) is 29.2 Å². The number of hydrogen-bond acceptors (Lipinski definition) is 4. The number of nitrogens with zero attached hydrogens (tertiary/aromatic N) is 3. The molecule has 6 heteroatoms. The van der Waals surface area contributed by atoms with Gasteiger partial charge in [0.2, 0.25) is 0 Å². The summed E-state index contributed by atoms with van der Waals surface area (Å²) in [6.45, 7) is 1.27. The van der Waals surface area contributed by atoms with E-state index in [-0.39, 0.29) is 11.3 Å². The molecule has 32 heavy (non-hydrogen) atoms. The molecule has 1 amide bonds. The normalized spacial score (nSPS) is 29.2. The van der Waals surface area contributed by atoms with Crippen molar-refractivity contribution in [2.45, 2.75) is 45.1 Å². The Labute approximate surface area is 192 Å². The average Bonchev–Trinajstić information content (AvgIpc) is 3.18. The molecule has 0 spiro atoms. The number of methoxy groups -OCH3 is 1. The minimum absolute atomic E-state index is 0.121. The Morgan fingerprint density at radius 2 is 1.88 bits per heavy atom. The number of rotatable bonds is 5. The Balaban J connectivity index is 1.41. The first-order valence-corrected chi connectivity index (χ1v) is 12.6. The van der Waals surface area contributed by atoms with Gasteiger partial charge in [-0.05, 0) is 68.4 Å². The van der Waals surface area contributed by atoms with Crippen LogP contribution in [-0.2, 0) is 16.1 Å². The van der Waals surface area contributed by atoms with E-state index in [0.717, 1.165) is 63.2 Å². The zero-order valence-corrected chi connectivity index (χ0v) is 19.3. The molecular weight excluding hydrogens is 418 g/mol. The van der Waals surface area contributed by atoms with Crippen molar-refractivity contribution >= 4 is 28.1 Å². The molecule has 5 nitrogen and oxygen atoms in total. The molecule has 0 radical (unpaired) electrons. The molecule has 0 aliphatic heterocycles. The first-order chi connectivity index (χ1) is 15.6. The maximum atomic E-state index is 13.6. The second-order valence-corrected chi connectivity index (χ2v) is 11.1. The molecule has 3 aromatic rings. The summed E-state index contributed by atoms with van der Waals surface area (Å²) in [5.41, 5.74) is 1.90. The van der Waals surface area contributed by atoms with E-state index < -0.39 is 0 Å². The number of carbonyl (C=O) groups excluding carboxylic acids is 1. The van der Waals surface area contributed by atoms with Crippen LogP contribution in [0.4, 0.5) is 0 Å². The Morgan fingerprint density at radius 3 is 2.59 bits per heavy atom. The van der Waals surface area contributed by atoms with Crippen LogP contribution in [0.3, 0.4) is 0 Å². The van der Waals surface area contributed by atoms with Crippen molar-refractivity contribution in [2.24, 2.45) is 28.2 Å². The Hall–Kier alpha value is -2.31. The van der Waals surface area contributed by atoms with E-state index >= 15 is 0 Å². The van der Waals surface area contributed by atoms with Gasteiger partial charge >= 0.3 is 0 Å². The van der Waals surface area contributed by atoms with E-state index in [1.807, 2.05) is 24.4 Å². The lowest BCUT2D eigenvalue weighted by molar-refractivity contribution is -0.142. The molecule has 166 valence electrons. The van der Waals surface area contributed by atoms with E-state index in [2.05, 4.69) is 27.9 Å². The van der Waals surface area contributed by atoms with Crippen molar-refractivity contribution in [1.29, 1.82) is 0 Å². The maximum absolute atomic E-state index is 13.6. The Kier molecular flexibility index (Phi) is 5.03. The van der Waals surface area contributed by atoms with Gasteiger partial charge in [-0.25, -0.2) is 0 Å². The number of fused-ring (bicyclic) bond motifs is 1. The third-order valence-corrected chi connectivity index (χ3v) is 8.91. The van der Waals surface area contributed by atoms with Crippen molar-refractivity contribution in [2.75, 3.05) is 13.7 Å². The fourth-order valence-electron chi connectivity index (χ4n) is 6.83. The van der Waals surface area contributed by atoms with Crippen molar-refractivity contribution in [1.82, 2.24) is 9.55 Å². The molecule has 4 fully saturated rings. The van der Waals surface area contributed by atoms with Crippen LogP contribution in [0.5, 0.6) is 0 Å². The lowest BCUT2D eigenvalue weighted by Crippen LogP contribution is -2.49. The lowest BCUT2D eigenvalue weighted by atomic mass is 9.49. The largest absolute Gasteiger partial charge is 0.383 e. The molecule has 0 unspecified atom stereocenters. The number of thiazole rings is 1. The molecule has 2 aromatic heterocycles. The summed E-state index contributed by atoms with van der Waals surface area (Å²) < 4.78 is 7.43. The smallest absolute Gasteiger partial charge is 0.254 e. The van der Waals surface area contributed by atoms with Gasteiger partial charge in [0.25, 0.3) is 5.91 Å². The highest BCUT2D eigenvalue weighted by molar-refractivity contribution is 7.13. The van der Waals surface area contributed by atoms with Gasteiger partial charge < -0.3 is 9.30 Å². The third-order valence-electron chi connectivity index (χ3n) is 7.86. The number of hydrogen-bond donors (Lipinski definition) is 0. The van der Waals surface area contributed by atoms with Crippen LogP contribution in [0.1, 0.15) is 38.5 Å².